The van der Waals surface area contributed by atoms with Crippen molar-refractivity contribution in [3.05, 3.63) is 47.6 Å². The molecular weight excluding hydrogens is 320 g/mol. The van der Waals surface area contributed by atoms with Crippen molar-refractivity contribution in [2.24, 2.45) is 5.92 Å². The molecule has 5 nitrogen and oxygen atoms in total. The van der Waals surface area contributed by atoms with Crippen LogP contribution < -0.4 is 0 Å². The molecule has 0 aromatic heterocycles. The van der Waals surface area contributed by atoms with Gasteiger partial charge in [-0.1, -0.05) is 24.8 Å². The van der Waals surface area contributed by atoms with Crippen LogP contribution in [0.2, 0.25) is 0 Å². The molecule has 25 heavy (non-hydrogen) atoms. The van der Waals surface area contributed by atoms with E-state index >= 15 is 0 Å². The third-order valence-corrected chi connectivity index (χ3v) is 4.71. The quantitative estimate of drug-likeness (QED) is 0.437. The predicted molar refractivity (Wildman–Crippen MR) is 93.6 cm³/mol. The van der Waals surface area contributed by atoms with Gasteiger partial charge in [-0.15, -0.1) is 0 Å². The topological polar surface area (TPSA) is 69.7 Å². The summed E-state index contributed by atoms with van der Waals surface area (Å²) in [6, 6.07) is 0. The number of carbonyl (C=O) groups is 3. The summed E-state index contributed by atoms with van der Waals surface area (Å²) >= 11 is 0. The number of Topliss-reactive ketones (excluding diaryl/α,β-unsaturated/α-hetero) is 1. The molecule has 2 aliphatic rings. The van der Waals surface area contributed by atoms with Gasteiger partial charge in [-0.05, 0) is 38.8 Å². The Kier molecular flexibility index (Phi) is 5.77. The maximum Gasteiger partial charge on any atom is 0.334 e. The first-order chi connectivity index (χ1) is 11.7. The van der Waals surface area contributed by atoms with Gasteiger partial charge in [0.2, 0.25) is 0 Å². The second kappa shape index (κ2) is 7.64. The van der Waals surface area contributed by atoms with Crippen LogP contribution in [0.3, 0.4) is 0 Å². The maximum absolute atomic E-state index is 12.2. The van der Waals surface area contributed by atoms with E-state index < -0.39 is 30.1 Å². The van der Waals surface area contributed by atoms with E-state index in [4.69, 9.17) is 9.47 Å². The van der Waals surface area contributed by atoms with Gasteiger partial charge in [-0.2, -0.15) is 0 Å². The smallest absolute Gasteiger partial charge is 0.334 e. The molecule has 134 valence electrons. The first kappa shape index (κ1) is 18.9. The normalized spacial score (nSPS) is 30.3. The van der Waals surface area contributed by atoms with Gasteiger partial charge < -0.3 is 9.47 Å². The number of ether oxygens (including phenoxy) is 2. The van der Waals surface area contributed by atoms with Crippen molar-refractivity contribution in [2.75, 3.05) is 0 Å². The highest BCUT2D eigenvalue weighted by Crippen LogP contribution is 2.36. The Morgan fingerprint density at radius 2 is 2.00 bits per heavy atom. The van der Waals surface area contributed by atoms with E-state index in [0.717, 1.165) is 5.57 Å². The molecule has 0 unspecified atom stereocenters. The number of ketones is 1. The minimum Gasteiger partial charge on any atom is -0.458 e. The molecule has 0 radical (unpaired) electrons. The standard InChI is InChI=1S/C20H24O5/c1-6-12(3)19(22)24-16-9-11(2)7-8-15(21)13(4)10-17-18(16)14(5)20(23)25-17/h6,9,16-18H,4-5,7-8,10H2,1-3H3/b11-9-,12-6-/t16-,17+,18+/m1/s1. The fourth-order valence-electron chi connectivity index (χ4n) is 2.98. The Labute approximate surface area is 148 Å². The van der Waals surface area contributed by atoms with Crippen LogP contribution in [0, 0.1) is 5.92 Å². The molecule has 0 N–H and O–H groups in total. The zero-order valence-electron chi connectivity index (χ0n) is 15.0. The van der Waals surface area contributed by atoms with Crippen molar-refractivity contribution >= 4 is 17.7 Å². The molecule has 1 fully saturated rings. The van der Waals surface area contributed by atoms with Gasteiger partial charge in [0.15, 0.2) is 5.78 Å². The highest BCUT2D eigenvalue weighted by atomic mass is 16.6. The largest absolute Gasteiger partial charge is 0.458 e. The lowest BCUT2D eigenvalue weighted by Gasteiger charge is -2.27. The second-order valence-corrected chi connectivity index (χ2v) is 6.58. The Bertz CT molecular complexity index is 695. The lowest BCUT2D eigenvalue weighted by molar-refractivity contribution is -0.145. The van der Waals surface area contributed by atoms with Gasteiger partial charge in [-0.25, -0.2) is 9.59 Å². The molecule has 1 aliphatic heterocycles. The van der Waals surface area contributed by atoms with Crippen LogP contribution in [-0.4, -0.2) is 29.9 Å². The van der Waals surface area contributed by atoms with E-state index in [1.807, 2.05) is 6.92 Å². The zero-order chi connectivity index (χ0) is 18.7. The first-order valence-corrected chi connectivity index (χ1v) is 8.36. The zero-order valence-corrected chi connectivity index (χ0v) is 15.0. The van der Waals surface area contributed by atoms with Crippen LogP contribution in [0.15, 0.2) is 47.6 Å². The first-order valence-electron chi connectivity index (χ1n) is 8.36. The van der Waals surface area contributed by atoms with Gasteiger partial charge in [0.1, 0.15) is 12.2 Å². The van der Waals surface area contributed by atoms with Crippen molar-refractivity contribution in [3.63, 3.8) is 0 Å². The Morgan fingerprint density at radius 3 is 2.64 bits per heavy atom. The molecule has 0 bridgehead atoms. The maximum atomic E-state index is 12.2. The van der Waals surface area contributed by atoms with E-state index in [1.165, 1.54) is 0 Å². The van der Waals surface area contributed by atoms with Gasteiger partial charge in [-0.3, -0.25) is 4.79 Å². The number of hydrogen-bond acceptors (Lipinski definition) is 5. The van der Waals surface area contributed by atoms with E-state index in [0.29, 0.717) is 24.0 Å². The summed E-state index contributed by atoms with van der Waals surface area (Å²) in [6.45, 7) is 12.9. The summed E-state index contributed by atoms with van der Waals surface area (Å²) in [6.07, 6.45) is 3.29. The molecule has 0 spiro atoms. The Balaban J connectivity index is 2.42. The van der Waals surface area contributed by atoms with Crippen LogP contribution >= 0.6 is 0 Å². The van der Waals surface area contributed by atoms with Crippen molar-refractivity contribution in [1.29, 1.82) is 0 Å². The molecule has 1 aliphatic carbocycles. The summed E-state index contributed by atoms with van der Waals surface area (Å²) in [5.74, 6) is -1.54. The van der Waals surface area contributed by atoms with Crippen LogP contribution in [0.4, 0.5) is 0 Å². The number of carbonyl (C=O) groups excluding carboxylic acids is 3. The molecule has 0 aromatic rings. The molecule has 1 heterocycles. The fourth-order valence-corrected chi connectivity index (χ4v) is 2.98. The number of rotatable bonds is 2. The minimum absolute atomic E-state index is 0.0414. The molecule has 0 saturated carbocycles. The van der Waals surface area contributed by atoms with E-state index in [2.05, 4.69) is 13.2 Å². The lowest BCUT2D eigenvalue weighted by atomic mass is 9.84. The number of allylic oxidation sites excluding steroid dienone is 2. The predicted octanol–water partition coefficient (Wildman–Crippen LogP) is 3.22. The van der Waals surface area contributed by atoms with E-state index in [-0.39, 0.29) is 17.8 Å². The summed E-state index contributed by atoms with van der Waals surface area (Å²) in [4.78, 5) is 36.4. The summed E-state index contributed by atoms with van der Waals surface area (Å²) in [7, 11) is 0. The molecule has 0 aromatic carbocycles. The molecule has 1 saturated heterocycles. The number of fused-ring (bicyclic) bond motifs is 1. The van der Waals surface area contributed by atoms with Crippen LogP contribution in [0.1, 0.15) is 40.0 Å². The molecule has 3 atom stereocenters. The third-order valence-electron chi connectivity index (χ3n) is 4.71. The molecular formula is C20H24O5. The highest BCUT2D eigenvalue weighted by molar-refractivity contribution is 5.96. The van der Waals surface area contributed by atoms with Crippen LogP contribution in [0.5, 0.6) is 0 Å². The van der Waals surface area contributed by atoms with E-state index in [9.17, 15) is 14.4 Å². The summed E-state index contributed by atoms with van der Waals surface area (Å²) in [5, 5.41) is 0. The fraction of sp³-hybridized carbons (Fsp3) is 0.450. The average molecular weight is 344 g/mol. The molecule has 5 heteroatoms. The average Bonchev–Trinajstić information content (AvgIpc) is 2.84. The van der Waals surface area contributed by atoms with Gasteiger partial charge in [0.25, 0.3) is 0 Å². The van der Waals surface area contributed by atoms with Crippen molar-refractivity contribution < 1.29 is 23.9 Å². The number of esters is 2. The number of hydrogen-bond donors (Lipinski definition) is 0. The highest BCUT2D eigenvalue weighted by Gasteiger charge is 2.45. The van der Waals surface area contributed by atoms with Crippen molar-refractivity contribution in [2.45, 2.75) is 52.2 Å². The van der Waals surface area contributed by atoms with Crippen molar-refractivity contribution in [3.8, 4) is 0 Å². The van der Waals surface area contributed by atoms with Crippen LogP contribution in [0.25, 0.3) is 0 Å². The minimum atomic E-state index is -0.674. The van der Waals surface area contributed by atoms with Gasteiger partial charge >= 0.3 is 11.9 Å². The van der Waals surface area contributed by atoms with E-state index in [1.54, 1.807) is 26.0 Å². The summed E-state index contributed by atoms with van der Waals surface area (Å²) in [5.41, 5.74) is 2.06. The van der Waals surface area contributed by atoms with Gasteiger partial charge in [0, 0.05) is 24.0 Å². The molecule has 0 amide bonds. The Hall–Kier alpha value is -2.43. The SMILES string of the molecule is C=C1C[C@@H]2OC(=O)C(=C)[C@H]2[C@H](OC(=O)/C(C)=C\C)/C=C(/C)CCC1=O. The lowest BCUT2D eigenvalue weighted by Crippen LogP contribution is -2.33. The van der Waals surface area contributed by atoms with Crippen molar-refractivity contribution in [1.82, 2.24) is 0 Å². The van der Waals surface area contributed by atoms with Crippen LogP contribution in [-0.2, 0) is 23.9 Å². The summed E-state index contributed by atoms with van der Waals surface area (Å²) < 4.78 is 11.0. The second-order valence-electron chi connectivity index (χ2n) is 6.58. The third kappa shape index (κ3) is 4.16. The monoisotopic (exact) mass is 344 g/mol. The molecule has 2 rings (SSSR count). The Morgan fingerprint density at radius 1 is 1.32 bits per heavy atom. The van der Waals surface area contributed by atoms with Gasteiger partial charge in [0.05, 0.1) is 5.92 Å².